The molecule has 0 bridgehead atoms. The predicted octanol–water partition coefficient (Wildman–Crippen LogP) is 2.85. The molecule has 3 rings (SSSR count). The van der Waals surface area contributed by atoms with E-state index in [9.17, 15) is 10.1 Å². The molecule has 0 spiro atoms. The van der Waals surface area contributed by atoms with E-state index in [2.05, 4.69) is 32.4 Å². The van der Waals surface area contributed by atoms with Crippen LogP contribution < -0.4 is 21.3 Å². The number of nitro benzene ring substituents is 1. The first-order valence-corrected chi connectivity index (χ1v) is 9.61. The first-order chi connectivity index (χ1) is 13.5. The van der Waals surface area contributed by atoms with Gasteiger partial charge in [0.2, 0.25) is 5.95 Å². The fourth-order valence-electron chi connectivity index (χ4n) is 3.41. The molecule has 9 nitrogen and oxygen atoms in total. The molecular weight excluding hydrogens is 358 g/mol. The number of rotatable bonds is 7. The molecule has 1 unspecified atom stereocenters. The Morgan fingerprint density at radius 2 is 2.18 bits per heavy atom. The Morgan fingerprint density at radius 1 is 1.36 bits per heavy atom. The van der Waals surface area contributed by atoms with E-state index in [4.69, 9.17) is 5.73 Å². The Labute approximate surface area is 164 Å². The number of aromatic nitrogens is 2. The molecule has 1 aromatic heterocycles. The van der Waals surface area contributed by atoms with Crippen LogP contribution in [0.4, 0.5) is 28.8 Å². The SMILES string of the molecule is CCCc1cc(N2CCCC(NC)C2)nc(Nc2ccc(N)c([N+](=O)[O-])c2)n1. The van der Waals surface area contributed by atoms with Crippen LogP contribution in [0.5, 0.6) is 0 Å². The van der Waals surface area contributed by atoms with Gasteiger partial charge in [-0.3, -0.25) is 10.1 Å². The first-order valence-electron chi connectivity index (χ1n) is 9.61. The summed E-state index contributed by atoms with van der Waals surface area (Å²) in [7, 11) is 1.98. The third-order valence-corrected chi connectivity index (χ3v) is 4.91. The van der Waals surface area contributed by atoms with Crippen molar-refractivity contribution in [3.63, 3.8) is 0 Å². The Balaban J connectivity index is 1.89. The highest BCUT2D eigenvalue weighted by Crippen LogP contribution is 2.27. The van der Waals surface area contributed by atoms with Crippen LogP contribution in [0.25, 0.3) is 0 Å². The van der Waals surface area contributed by atoms with Crippen LogP contribution in [0.15, 0.2) is 24.3 Å². The maximum atomic E-state index is 11.1. The smallest absolute Gasteiger partial charge is 0.294 e. The second-order valence-electron chi connectivity index (χ2n) is 7.02. The molecule has 2 heterocycles. The van der Waals surface area contributed by atoms with Gasteiger partial charge in [0.25, 0.3) is 5.69 Å². The number of piperidine rings is 1. The van der Waals surface area contributed by atoms with E-state index < -0.39 is 4.92 Å². The second kappa shape index (κ2) is 8.83. The minimum atomic E-state index is -0.494. The quantitative estimate of drug-likeness (QED) is 0.378. The molecule has 0 saturated carbocycles. The third-order valence-electron chi connectivity index (χ3n) is 4.91. The molecule has 1 aliphatic heterocycles. The first kappa shape index (κ1) is 19.8. The topological polar surface area (TPSA) is 122 Å². The number of nitrogens with two attached hydrogens (primary N) is 1. The van der Waals surface area contributed by atoms with E-state index in [1.807, 2.05) is 13.1 Å². The van der Waals surface area contributed by atoms with Crippen LogP contribution in [0, 0.1) is 10.1 Å². The minimum absolute atomic E-state index is 0.128. The van der Waals surface area contributed by atoms with Gasteiger partial charge in [0.05, 0.1) is 4.92 Å². The highest BCUT2D eigenvalue weighted by atomic mass is 16.6. The van der Waals surface area contributed by atoms with Crippen molar-refractivity contribution in [2.75, 3.05) is 36.1 Å². The van der Waals surface area contributed by atoms with Crippen LogP contribution in [0.1, 0.15) is 31.9 Å². The highest BCUT2D eigenvalue weighted by molar-refractivity contribution is 5.68. The molecule has 150 valence electrons. The lowest BCUT2D eigenvalue weighted by atomic mass is 10.1. The summed E-state index contributed by atoms with van der Waals surface area (Å²) in [5, 5.41) is 17.6. The summed E-state index contributed by atoms with van der Waals surface area (Å²) in [4.78, 5) is 22.2. The van der Waals surface area contributed by atoms with Crippen molar-refractivity contribution >= 4 is 28.8 Å². The van der Waals surface area contributed by atoms with Gasteiger partial charge in [-0.1, -0.05) is 13.3 Å². The number of likely N-dealkylation sites (N-methyl/N-ethyl adjacent to an activating group) is 1. The van der Waals surface area contributed by atoms with Gasteiger partial charge in [-0.15, -0.1) is 0 Å². The van der Waals surface area contributed by atoms with Crippen molar-refractivity contribution in [1.29, 1.82) is 0 Å². The third kappa shape index (κ3) is 4.66. The number of nitro groups is 1. The number of anilines is 4. The maximum absolute atomic E-state index is 11.1. The minimum Gasteiger partial charge on any atom is -0.393 e. The molecule has 1 saturated heterocycles. The second-order valence-corrected chi connectivity index (χ2v) is 7.02. The van der Waals surface area contributed by atoms with E-state index in [0.717, 1.165) is 50.3 Å². The monoisotopic (exact) mass is 385 g/mol. The normalized spacial score (nSPS) is 16.8. The molecule has 1 aromatic carbocycles. The van der Waals surface area contributed by atoms with E-state index in [-0.39, 0.29) is 11.4 Å². The lowest BCUT2D eigenvalue weighted by Gasteiger charge is -2.33. The van der Waals surface area contributed by atoms with E-state index >= 15 is 0 Å². The van der Waals surface area contributed by atoms with Crippen molar-refractivity contribution in [3.8, 4) is 0 Å². The number of nitrogens with zero attached hydrogens (tertiary/aromatic N) is 4. The lowest BCUT2D eigenvalue weighted by molar-refractivity contribution is -0.383. The maximum Gasteiger partial charge on any atom is 0.294 e. The van der Waals surface area contributed by atoms with Crippen molar-refractivity contribution in [1.82, 2.24) is 15.3 Å². The highest BCUT2D eigenvalue weighted by Gasteiger charge is 2.21. The average molecular weight is 385 g/mol. The molecule has 1 fully saturated rings. The summed E-state index contributed by atoms with van der Waals surface area (Å²) in [5.41, 5.74) is 7.16. The summed E-state index contributed by atoms with van der Waals surface area (Å²) in [5.74, 6) is 1.32. The molecule has 0 radical (unpaired) electrons. The zero-order valence-corrected chi connectivity index (χ0v) is 16.3. The number of hydrogen-bond acceptors (Lipinski definition) is 8. The molecule has 1 aliphatic rings. The fourth-order valence-corrected chi connectivity index (χ4v) is 3.41. The van der Waals surface area contributed by atoms with E-state index in [1.54, 1.807) is 6.07 Å². The zero-order chi connectivity index (χ0) is 20.1. The Hall–Kier alpha value is -2.94. The van der Waals surface area contributed by atoms with Gasteiger partial charge >= 0.3 is 0 Å². The number of nitrogen functional groups attached to an aromatic ring is 1. The average Bonchev–Trinajstić information content (AvgIpc) is 2.69. The largest absolute Gasteiger partial charge is 0.393 e. The van der Waals surface area contributed by atoms with Gasteiger partial charge in [-0.25, -0.2) is 4.98 Å². The number of nitrogens with one attached hydrogen (secondary N) is 2. The Bertz CT molecular complexity index is 843. The van der Waals surface area contributed by atoms with Crippen molar-refractivity contribution in [2.45, 2.75) is 38.6 Å². The predicted molar refractivity (Wildman–Crippen MR) is 111 cm³/mol. The van der Waals surface area contributed by atoms with Crippen LogP contribution in [-0.2, 0) is 6.42 Å². The summed E-state index contributed by atoms with van der Waals surface area (Å²) >= 11 is 0. The summed E-state index contributed by atoms with van der Waals surface area (Å²) in [6.45, 7) is 3.95. The van der Waals surface area contributed by atoms with Gasteiger partial charge in [0, 0.05) is 42.6 Å². The number of aryl methyl sites for hydroxylation is 1. The summed E-state index contributed by atoms with van der Waals surface area (Å²) < 4.78 is 0. The van der Waals surface area contributed by atoms with E-state index in [0.29, 0.717) is 17.7 Å². The molecule has 28 heavy (non-hydrogen) atoms. The van der Waals surface area contributed by atoms with Crippen molar-refractivity contribution < 1.29 is 4.92 Å². The van der Waals surface area contributed by atoms with Gasteiger partial charge in [0.1, 0.15) is 11.5 Å². The molecule has 1 atom stereocenters. The van der Waals surface area contributed by atoms with Crippen molar-refractivity contribution in [2.24, 2.45) is 0 Å². The molecule has 2 aromatic rings. The van der Waals surface area contributed by atoms with Gasteiger partial charge < -0.3 is 21.3 Å². The Morgan fingerprint density at radius 3 is 2.89 bits per heavy atom. The fraction of sp³-hybridized carbons (Fsp3) is 0.474. The van der Waals surface area contributed by atoms with Gasteiger partial charge in [-0.2, -0.15) is 4.98 Å². The van der Waals surface area contributed by atoms with Crippen LogP contribution in [0.3, 0.4) is 0 Å². The Kier molecular flexibility index (Phi) is 6.25. The zero-order valence-electron chi connectivity index (χ0n) is 16.3. The van der Waals surface area contributed by atoms with Crippen LogP contribution >= 0.6 is 0 Å². The summed E-state index contributed by atoms with van der Waals surface area (Å²) in [6.07, 6.45) is 4.07. The molecule has 9 heteroatoms. The summed E-state index contributed by atoms with van der Waals surface area (Å²) in [6, 6.07) is 7.09. The molecular formula is C19H27N7O2. The number of hydrogen-bond donors (Lipinski definition) is 3. The van der Waals surface area contributed by atoms with Gasteiger partial charge in [0.15, 0.2) is 0 Å². The van der Waals surface area contributed by atoms with E-state index in [1.165, 1.54) is 12.1 Å². The van der Waals surface area contributed by atoms with Crippen LogP contribution in [0.2, 0.25) is 0 Å². The standard InChI is InChI=1S/C19H27N7O2/c1-3-5-13-11-18(25-9-4-6-15(12-25)21-2)24-19(22-13)23-14-7-8-16(20)17(10-14)26(27)28/h7-8,10-11,15,21H,3-6,9,12,20H2,1-2H3,(H,22,23,24). The number of benzene rings is 1. The van der Waals surface area contributed by atoms with Crippen molar-refractivity contribution in [3.05, 3.63) is 40.1 Å². The van der Waals surface area contributed by atoms with Crippen LogP contribution in [-0.4, -0.2) is 41.1 Å². The molecule has 0 aliphatic carbocycles. The van der Waals surface area contributed by atoms with Gasteiger partial charge in [-0.05, 0) is 38.4 Å². The molecule has 0 amide bonds. The lowest BCUT2D eigenvalue weighted by Crippen LogP contribution is -2.44. The molecule has 4 N–H and O–H groups in total.